The highest BCUT2D eigenvalue weighted by molar-refractivity contribution is 5.10. The van der Waals surface area contributed by atoms with Crippen molar-refractivity contribution in [2.45, 2.75) is 25.5 Å². The van der Waals surface area contributed by atoms with Crippen LogP contribution in [0, 0.1) is 0 Å². The number of likely N-dealkylation sites (N-methyl/N-ethyl adjacent to an activating group) is 1. The van der Waals surface area contributed by atoms with E-state index < -0.39 is 0 Å². The van der Waals surface area contributed by atoms with Crippen LogP contribution in [0.25, 0.3) is 0 Å². The molecule has 0 aliphatic rings. The van der Waals surface area contributed by atoms with Crippen LogP contribution in [0.4, 0.5) is 0 Å². The van der Waals surface area contributed by atoms with Gasteiger partial charge >= 0.3 is 0 Å². The molecule has 14 heavy (non-hydrogen) atoms. The Kier molecular flexibility index (Phi) is 3.29. The lowest BCUT2D eigenvalue weighted by molar-refractivity contribution is -0.0103. The van der Waals surface area contributed by atoms with E-state index in [0.717, 1.165) is 5.69 Å². The number of hydrogen-bond acceptors (Lipinski definition) is 3. The van der Waals surface area contributed by atoms with Gasteiger partial charge in [-0.3, -0.25) is 4.68 Å². The standard InChI is InChI=1S/C10H19N3O/c1-10(2,14-5)9(11-3)8-6-7-13(4)12-8/h6-7,9,11H,1-5H3. The minimum atomic E-state index is -0.261. The molecule has 1 unspecified atom stereocenters. The van der Waals surface area contributed by atoms with E-state index in [9.17, 15) is 0 Å². The lowest BCUT2D eigenvalue weighted by Crippen LogP contribution is -2.39. The number of nitrogens with zero attached hydrogens (tertiary/aromatic N) is 2. The maximum absolute atomic E-state index is 5.44. The van der Waals surface area contributed by atoms with E-state index >= 15 is 0 Å². The Labute approximate surface area is 85.3 Å². The molecule has 0 saturated carbocycles. The van der Waals surface area contributed by atoms with Crippen molar-refractivity contribution in [3.63, 3.8) is 0 Å². The summed E-state index contributed by atoms with van der Waals surface area (Å²) < 4.78 is 7.24. The quantitative estimate of drug-likeness (QED) is 0.785. The van der Waals surface area contributed by atoms with Crippen molar-refractivity contribution in [2.24, 2.45) is 7.05 Å². The second-order valence-corrected chi connectivity index (χ2v) is 3.94. The lowest BCUT2D eigenvalue weighted by Gasteiger charge is -2.31. The van der Waals surface area contributed by atoms with Crippen LogP contribution in [-0.2, 0) is 11.8 Å². The van der Waals surface area contributed by atoms with Crippen molar-refractivity contribution < 1.29 is 4.74 Å². The number of aryl methyl sites for hydroxylation is 1. The van der Waals surface area contributed by atoms with E-state index in [4.69, 9.17) is 4.74 Å². The number of methoxy groups -OCH3 is 1. The van der Waals surface area contributed by atoms with Gasteiger partial charge in [-0.25, -0.2) is 0 Å². The van der Waals surface area contributed by atoms with Crippen LogP contribution in [0.3, 0.4) is 0 Å². The molecule has 0 amide bonds. The Morgan fingerprint density at radius 3 is 2.57 bits per heavy atom. The fraction of sp³-hybridized carbons (Fsp3) is 0.700. The van der Waals surface area contributed by atoms with Crippen molar-refractivity contribution in [1.29, 1.82) is 0 Å². The number of aromatic nitrogens is 2. The molecule has 0 spiro atoms. The van der Waals surface area contributed by atoms with Crippen molar-refractivity contribution >= 4 is 0 Å². The van der Waals surface area contributed by atoms with Gasteiger partial charge in [0, 0.05) is 20.4 Å². The molecule has 1 heterocycles. The maximum Gasteiger partial charge on any atom is 0.0832 e. The second-order valence-electron chi connectivity index (χ2n) is 3.94. The monoisotopic (exact) mass is 197 g/mol. The van der Waals surface area contributed by atoms with Gasteiger partial charge in [-0.15, -0.1) is 0 Å². The average Bonchev–Trinajstić information content (AvgIpc) is 2.53. The maximum atomic E-state index is 5.44. The molecule has 1 N–H and O–H groups in total. The Morgan fingerprint density at radius 2 is 2.21 bits per heavy atom. The average molecular weight is 197 g/mol. The van der Waals surface area contributed by atoms with Crippen LogP contribution < -0.4 is 5.32 Å². The number of nitrogens with one attached hydrogen (secondary N) is 1. The van der Waals surface area contributed by atoms with Gasteiger partial charge < -0.3 is 10.1 Å². The van der Waals surface area contributed by atoms with E-state index in [1.54, 1.807) is 11.8 Å². The normalized spacial score (nSPS) is 14.4. The van der Waals surface area contributed by atoms with E-state index in [1.165, 1.54) is 0 Å². The number of hydrogen-bond donors (Lipinski definition) is 1. The van der Waals surface area contributed by atoms with E-state index in [2.05, 4.69) is 10.4 Å². The SMILES string of the molecule is CNC(c1ccn(C)n1)C(C)(C)OC. The molecule has 0 radical (unpaired) electrons. The van der Waals surface area contributed by atoms with Gasteiger partial charge in [-0.1, -0.05) is 0 Å². The summed E-state index contributed by atoms with van der Waals surface area (Å²) in [6, 6.07) is 2.11. The summed E-state index contributed by atoms with van der Waals surface area (Å²) in [6.07, 6.45) is 1.94. The minimum absolute atomic E-state index is 0.105. The first-order chi connectivity index (χ1) is 6.51. The smallest absolute Gasteiger partial charge is 0.0832 e. The molecule has 4 heteroatoms. The van der Waals surface area contributed by atoms with Crippen LogP contribution in [-0.4, -0.2) is 29.5 Å². The third-order valence-corrected chi connectivity index (χ3v) is 2.54. The molecule has 1 atom stereocenters. The molecule has 0 aromatic carbocycles. The van der Waals surface area contributed by atoms with Gasteiger partial charge in [0.05, 0.1) is 17.3 Å². The zero-order valence-electron chi connectivity index (χ0n) is 9.53. The molecule has 80 valence electrons. The van der Waals surface area contributed by atoms with Gasteiger partial charge in [0.25, 0.3) is 0 Å². The summed E-state index contributed by atoms with van der Waals surface area (Å²) in [7, 11) is 5.55. The third-order valence-electron chi connectivity index (χ3n) is 2.54. The van der Waals surface area contributed by atoms with E-state index in [1.807, 2.05) is 40.2 Å². The molecular weight excluding hydrogens is 178 g/mol. The highest BCUT2D eigenvalue weighted by Crippen LogP contribution is 2.26. The molecule has 0 fully saturated rings. The molecule has 1 rings (SSSR count). The van der Waals surface area contributed by atoms with Gasteiger partial charge in [0.1, 0.15) is 0 Å². The molecule has 4 nitrogen and oxygen atoms in total. The number of rotatable bonds is 4. The van der Waals surface area contributed by atoms with Gasteiger partial charge in [-0.05, 0) is 27.0 Å². The summed E-state index contributed by atoms with van der Waals surface area (Å²) in [4.78, 5) is 0. The predicted octanol–water partition coefficient (Wildman–Crippen LogP) is 1.11. The van der Waals surface area contributed by atoms with Crippen LogP contribution in [0.5, 0.6) is 0 Å². The van der Waals surface area contributed by atoms with Gasteiger partial charge in [0.15, 0.2) is 0 Å². The van der Waals surface area contributed by atoms with Crippen LogP contribution in [0.1, 0.15) is 25.6 Å². The third kappa shape index (κ3) is 2.13. The second kappa shape index (κ2) is 4.11. The Balaban J connectivity index is 2.92. The summed E-state index contributed by atoms with van der Waals surface area (Å²) in [6.45, 7) is 4.09. The fourth-order valence-electron chi connectivity index (χ4n) is 1.56. The minimum Gasteiger partial charge on any atom is -0.377 e. The Morgan fingerprint density at radius 1 is 1.57 bits per heavy atom. The summed E-state index contributed by atoms with van der Waals surface area (Å²) in [5, 5.41) is 7.59. The van der Waals surface area contributed by atoms with Crippen LogP contribution >= 0.6 is 0 Å². The molecular formula is C10H19N3O. The summed E-state index contributed by atoms with van der Waals surface area (Å²) in [5.41, 5.74) is 0.741. The van der Waals surface area contributed by atoms with E-state index in [-0.39, 0.29) is 11.6 Å². The molecule has 0 aliphatic carbocycles. The first-order valence-electron chi connectivity index (χ1n) is 4.73. The predicted molar refractivity (Wildman–Crippen MR) is 56.1 cm³/mol. The summed E-state index contributed by atoms with van der Waals surface area (Å²) >= 11 is 0. The van der Waals surface area contributed by atoms with Gasteiger partial charge in [0.2, 0.25) is 0 Å². The number of ether oxygens (including phenoxy) is 1. The van der Waals surface area contributed by atoms with Crippen molar-refractivity contribution in [1.82, 2.24) is 15.1 Å². The molecule has 0 bridgehead atoms. The Bertz CT molecular complexity index is 293. The molecule has 0 saturated heterocycles. The topological polar surface area (TPSA) is 39.1 Å². The van der Waals surface area contributed by atoms with Gasteiger partial charge in [-0.2, -0.15) is 5.10 Å². The first kappa shape index (κ1) is 11.2. The highest BCUT2D eigenvalue weighted by atomic mass is 16.5. The molecule has 0 aliphatic heterocycles. The summed E-state index contributed by atoms with van der Waals surface area (Å²) in [5.74, 6) is 0. The highest BCUT2D eigenvalue weighted by Gasteiger charge is 2.30. The van der Waals surface area contributed by atoms with Crippen LogP contribution in [0.2, 0.25) is 0 Å². The zero-order valence-corrected chi connectivity index (χ0v) is 9.53. The van der Waals surface area contributed by atoms with Crippen molar-refractivity contribution in [3.05, 3.63) is 18.0 Å². The Hall–Kier alpha value is -0.870. The lowest BCUT2D eigenvalue weighted by atomic mass is 9.96. The van der Waals surface area contributed by atoms with Crippen LogP contribution in [0.15, 0.2) is 12.3 Å². The molecule has 1 aromatic heterocycles. The van der Waals surface area contributed by atoms with Crippen molar-refractivity contribution in [3.8, 4) is 0 Å². The fourth-order valence-corrected chi connectivity index (χ4v) is 1.56. The molecule has 1 aromatic rings. The zero-order chi connectivity index (χ0) is 10.8. The largest absolute Gasteiger partial charge is 0.377 e. The van der Waals surface area contributed by atoms with E-state index in [0.29, 0.717) is 0 Å². The van der Waals surface area contributed by atoms with Crippen molar-refractivity contribution in [2.75, 3.05) is 14.2 Å². The first-order valence-corrected chi connectivity index (χ1v) is 4.73.